The number of halogens is 2. The summed E-state index contributed by atoms with van der Waals surface area (Å²) in [5, 5.41) is 6.75. The molecule has 0 aliphatic heterocycles. The first-order chi connectivity index (χ1) is 11.5. The summed E-state index contributed by atoms with van der Waals surface area (Å²) >= 11 is 7.21. The lowest BCUT2D eigenvalue weighted by atomic mass is 10.3. The SMILES string of the molecule is O=C(NCc1ccc(Cl)s1)c1ccc(=O)n(-c2ccc(F)cc2)n1. The highest BCUT2D eigenvalue weighted by Crippen LogP contribution is 2.21. The molecule has 0 aliphatic rings. The van der Waals surface area contributed by atoms with Gasteiger partial charge in [0.25, 0.3) is 11.5 Å². The Morgan fingerprint density at radius 3 is 2.58 bits per heavy atom. The van der Waals surface area contributed by atoms with E-state index in [2.05, 4.69) is 10.4 Å². The number of thiophene rings is 1. The Labute approximate surface area is 145 Å². The number of benzene rings is 1. The van der Waals surface area contributed by atoms with E-state index in [4.69, 9.17) is 11.6 Å². The van der Waals surface area contributed by atoms with Crippen LogP contribution in [-0.4, -0.2) is 15.7 Å². The van der Waals surface area contributed by atoms with Crippen LogP contribution in [0.25, 0.3) is 5.69 Å². The highest BCUT2D eigenvalue weighted by molar-refractivity contribution is 7.16. The minimum atomic E-state index is -0.421. The molecule has 8 heteroatoms. The second kappa shape index (κ2) is 6.94. The van der Waals surface area contributed by atoms with E-state index in [0.717, 1.165) is 9.56 Å². The molecule has 0 saturated heterocycles. The Morgan fingerprint density at radius 1 is 1.17 bits per heavy atom. The van der Waals surface area contributed by atoms with E-state index in [-0.39, 0.29) is 5.69 Å². The van der Waals surface area contributed by atoms with E-state index in [1.165, 1.54) is 47.7 Å². The van der Waals surface area contributed by atoms with Gasteiger partial charge in [0.2, 0.25) is 0 Å². The normalized spacial score (nSPS) is 10.6. The number of hydrogen-bond acceptors (Lipinski definition) is 4. The minimum absolute atomic E-state index is 0.0848. The first kappa shape index (κ1) is 16.4. The number of rotatable bonds is 4. The highest BCUT2D eigenvalue weighted by atomic mass is 35.5. The second-order valence-corrected chi connectivity index (χ2v) is 6.63. The van der Waals surface area contributed by atoms with Gasteiger partial charge < -0.3 is 5.32 Å². The Morgan fingerprint density at radius 2 is 1.92 bits per heavy atom. The smallest absolute Gasteiger partial charge is 0.272 e. The average molecular weight is 364 g/mol. The number of nitrogens with one attached hydrogen (secondary N) is 1. The average Bonchev–Trinajstić information content (AvgIpc) is 2.99. The summed E-state index contributed by atoms with van der Waals surface area (Å²) in [6, 6.07) is 11.4. The van der Waals surface area contributed by atoms with Crippen molar-refractivity contribution in [3.8, 4) is 5.69 Å². The summed E-state index contributed by atoms with van der Waals surface area (Å²) in [5.41, 5.74) is 0.0471. The fourth-order valence-electron chi connectivity index (χ4n) is 2.00. The molecule has 0 aliphatic carbocycles. The third-order valence-corrected chi connectivity index (χ3v) is 4.39. The van der Waals surface area contributed by atoms with Crippen LogP contribution in [-0.2, 0) is 6.54 Å². The van der Waals surface area contributed by atoms with Crippen LogP contribution in [0.5, 0.6) is 0 Å². The van der Waals surface area contributed by atoms with Gasteiger partial charge in [-0.25, -0.2) is 4.39 Å². The fourth-order valence-corrected chi connectivity index (χ4v) is 3.03. The van der Waals surface area contributed by atoms with Crippen molar-refractivity contribution in [2.45, 2.75) is 6.54 Å². The van der Waals surface area contributed by atoms with E-state index in [0.29, 0.717) is 16.6 Å². The maximum absolute atomic E-state index is 13.0. The maximum Gasteiger partial charge on any atom is 0.272 e. The largest absolute Gasteiger partial charge is 0.346 e. The minimum Gasteiger partial charge on any atom is -0.346 e. The van der Waals surface area contributed by atoms with E-state index in [9.17, 15) is 14.0 Å². The quantitative estimate of drug-likeness (QED) is 0.775. The molecule has 0 fully saturated rings. The number of nitrogens with zero attached hydrogens (tertiary/aromatic N) is 2. The number of carbonyl (C=O) groups excluding carboxylic acids is 1. The lowest BCUT2D eigenvalue weighted by Gasteiger charge is -2.07. The molecule has 0 bridgehead atoms. The molecule has 1 aromatic carbocycles. The van der Waals surface area contributed by atoms with Gasteiger partial charge >= 0.3 is 0 Å². The highest BCUT2D eigenvalue weighted by Gasteiger charge is 2.11. The van der Waals surface area contributed by atoms with Crippen LogP contribution in [0.15, 0.2) is 53.3 Å². The van der Waals surface area contributed by atoms with Crippen molar-refractivity contribution in [3.05, 3.63) is 79.6 Å². The van der Waals surface area contributed by atoms with Crippen molar-refractivity contribution >= 4 is 28.8 Å². The number of amides is 1. The van der Waals surface area contributed by atoms with Crippen molar-refractivity contribution < 1.29 is 9.18 Å². The Kier molecular flexibility index (Phi) is 4.73. The van der Waals surface area contributed by atoms with Crippen molar-refractivity contribution in [2.75, 3.05) is 0 Å². The lowest BCUT2D eigenvalue weighted by molar-refractivity contribution is 0.0944. The third kappa shape index (κ3) is 3.69. The van der Waals surface area contributed by atoms with Gasteiger partial charge in [0.15, 0.2) is 0 Å². The molecule has 122 valence electrons. The Hall–Kier alpha value is -2.51. The molecular weight excluding hydrogens is 353 g/mol. The van der Waals surface area contributed by atoms with E-state index < -0.39 is 17.3 Å². The first-order valence-electron chi connectivity index (χ1n) is 6.92. The van der Waals surface area contributed by atoms with Crippen LogP contribution in [0.2, 0.25) is 4.34 Å². The van der Waals surface area contributed by atoms with Crippen LogP contribution in [0, 0.1) is 5.82 Å². The summed E-state index contributed by atoms with van der Waals surface area (Å²) in [5.74, 6) is -0.842. The summed E-state index contributed by atoms with van der Waals surface area (Å²) in [6.45, 7) is 0.313. The molecule has 3 aromatic rings. The van der Waals surface area contributed by atoms with E-state index in [1.54, 1.807) is 6.07 Å². The first-order valence-corrected chi connectivity index (χ1v) is 8.11. The van der Waals surface area contributed by atoms with Gasteiger partial charge in [-0.1, -0.05) is 11.6 Å². The molecule has 2 heterocycles. The standard InChI is InChI=1S/C16H11ClFN3O2S/c17-14-7-5-12(24-14)9-19-16(23)13-6-8-15(22)21(20-13)11-3-1-10(18)2-4-11/h1-8H,9H2,(H,19,23). The topological polar surface area (TPSA) is 64.0 Å². The summed E-state index contributed by atoms with van der Waals surface area (Å²) in [6.07, 6.45) is 0. The zero-order valence-corrected chi connectivity index (χ0v) is 13.8. The third-order valence-electron chi connectivity index (χ3n) is 3.16. The Bertz CT molecular complexity index is 937. The van der Waals surface area contributed by atoms with Gasteiger partial charge in [0.05, 0.1) is 16.6 Å². The van der Waals surface area contributed by atoms with Crippen LogP contribution >= 0.6 is 22.9 Å². The summed E-state index contributed by atoms with van der Waals surface area (Å²) < 4.78 is 14.7. The molecule has 0 saturated carbocycles. The van der Waals surface area contributed by atoms with Crippen molar-refractivity contribution in [1.29, 1.82) is 0 Å². The maximum atomic E-state index is 13.0. The molecule has 24 heavy (non-hydrogen) atoms. The predicted molar refractivity (Wildman–Crippen MR) is 90.3 cm³/mol. The summed E-state index contributed by atoms with van der Waals surface area (Å²) in [7, 11) is 0. The lowest BCUT2D eigenvalue weighted by Crippen LogP contribution is -2.28. The summed E-state index contributed by atoms with van der Waals surface area (Å²) in [4.78, 5) is 25.0. The zero-order valence-electron chi connectivity index (χ0n) is 12.2. The fraction of sp³-hybridized carbons (Fsp3) is 0.0625. The zero-order chi connectivity index (χ0) is 17.1. The number of hydrogen-bond donors (Lipinski definition) is 1. The number of aromatic nitrogens is 2. The molecule has 5 nitrogen and oxygen atoms in total. The molecular formula is C16H11ClFN3O2S. The predicted octanol–water partition coefficient (Wildman–Crippen LogP) is 3.02. The van der Waals surface area contributed by atoms with Crippen molar-refractivity contribution in [3.63, 3.8) is 0 Å². The van der Waals surface area contributed by atoms with Crippen LogP contribution in [0.1, 0.15) is 15.4 Å². The molecule has 1 N–H and O–H groups in total. The van der Waals surface area contributed by atoms with Crippen molar-refractivity contribution in [1.82, 2.24) is 15.1 Å². The molecule has 0 spiro atoms. The van der Waals surface area contributed by atoms with Gasteiger partial charge in [-0.2, -0.15) is 9.78 Å². The van der Waals surface area contributed by atoms with E-state index >= 15 is 0 Å². The van der Waals surface area contributed by atoms with Crippen LogP contribution in [0.3, 0.4) is 0 Å². The van der Waals surface area contributed by atoms with Gasteiger partial charge in [0, 0.05) is 10.9 Å². The van der Waals surface area contributed by atoms with Crippen LogP contribution in [0.4, 0.5) is 4.39 Å². The molecule has 0 radical (unpaired) electrons. The molecule has 0 unspecified atom stereocenters. The molecule has 3 rings (SSSR count). The monoisotopic (exact) mass is 363 g/mol. The molecule has 2 aromatic heterocycles. The molecule has 0 atom stereocenters. The number of carbonyl (C=O) groups is 1. The second-order valence-electron chi connectivity index (χ2n) is 4.83. The molecule has 1 amide bonds. The van der Waals surface area contributed by atoms with Gasteiger partial charge in [0.1, 0.15) is 11.5 Å². The Balaban J connectivity index is 1.81. The van der Waals surface area contributed by atoms with Crippen molar-refractivity contribution in [2.24, 2.45) is 0 Å². The van der Waals surface area contributed by atoms with Gasteiger partial charge in [-0.15, -0.1) is 11.3 Å². The van der Waals surface area contributed by atoms with E-state index in [1.807, 2.05) is 6.07 Å². The van der Waals surface area contributed by atoms with Crippen LogP contribution < -0.4 is 10.9 Å². The van der Waals surface area contributed by atoms with Gasteiger partial charge in [-0.3, -0.25) is 9.59 Å². The van der Waals surface area contributed by atoms with Gasteiger partial charge in [-0.05, 0) is 42.5 Å².